The monoisotopic (exact) mass is 254 g/mol. The van der Waals surface area contributed by atoms with Gasteiger partial charge in [-0.3, -0.25) is 10.1 Å². The maximum Gasteiger partial charge on any atom is 0.236 e. The molecule has 3 nitrogen and oxygen atoms in total. The average molecular weight is 255 g/mol. The van der Waals surface area contributed by atoms with E-state index < -0.39 is 0 Å². The van der Waals surface area contributed by atoms with E-state index in [4.69, 9.17) is 11.6 Å². The lowest BCUT2D eigenvalue weighted by molar-refractivity contribution is -0.122. The predicted octanol–water partition coefficient (Wildman–Crippen LogP) is 2.52. The maximum absolute atomic E-state index is 11.6. The molecule has 4 heteroatoms. The summed E-state index contributed by atoms with van der Waals surface area (Å²) in [4.78, 5) is 11.6. The van der Waals surface area contributed by atoms with E-state index >= 15 is 0 Å². The summed E-state index contributed by atoms with van der Waals surface area (Å²) in [5.41, 5.74) is 1.08. The van der Waals surface area contributed by atoms with Crippen molar-refractivity contribution in [3.05, 3.63) is 34.9 Å². The van der Waals surface area contributed by atoms with Crippen molar-refractivity contribution in [2.75, 3.05) is 6.54 Å². The van der Waals surface area contributed by atoms with Gasteiger partial charge in [0.05, 0.1) is 6.04 Å². The molecule has 1 amide bonds. The third-order valence-electron chi connectivity index (χ3n) is 2.59. The summed E-state index contributed by atoms with van der Waals surface area (Å²) in [5.74, 6) is 0.0152. The molecule has 0 saturated heterocycles. The van der Waals surface area contributed by atoms with Crippen molar-refractivity contribution >= 4 is 17.5 Å². The average Bonchev–Trinajstić information content (AvgIpc) is 2.29. The van der Waals surface area contributed by atoms with Gasteiger partial charge in [0.25, 0.3) is 0 Å². The first-order chi connectivity index (χ1) is 8.04. The van der Waals surface area contributed by atoms with Crippen molar-refractivity contribution in [1.29, 1.82) is 0 Å². The molecule has 2 atom stereocenters. The van der Waals surface area contributed by atoms with Crippen molar-refractivity contribution in [3.63, 3.8) is 0 Å². The van der Waals surface area contributed by atoms with Crippen molar-refractivity contribution < 1.29 is 4.79 Å². The van der Waals surface area contributed by atoms with Crippen LogP contribution in [0.5, 0.6) is 0 Å². The van der Waals surface area contributed by atoms with Gasteiger partial charge in [-0.25, -0.2) is 0 Å². The summed E-state index contributed by atoms with van der Waals surface area (Å²) in [6, 6.07) is 7.52. The number of benzene rings is 1. The first kappa shape index (κ1) is 14.0. The van der Waals surface area contributed by atoms with Gasteiger partial charge in [0.1, 0.15) is 0 Å². The number of nitrogens with one attached hydrogen (secondary N) is 2. The molecule has 0 aliphatic rings. The molecule has 1 rings (SSSR count). The summed E-state index contributed by atoms with van der Waals surface area (Å²) < 4.78 is 0. The fraction of sp³-hybridized carbons (Fsp3) is 0.462. The molecule has 0 spiro atoms. The number of halogens is 1. The van der Waals surface area contributed by atoms with E-state index in [2.05, 4.69) is 10.6 Å². The van der Waals surface area contributed by atoms with Crippen molar-refractivity contribution in [1.82, 2.24) is 10.6 Å². The molecule has 0 aromatic heterocycles. The highest BCUT2D eigenvalue weighted by Crippen LogP contribution is 2.17. The van der Waals surface area contributed by atoms with Crippen LogP contribution >= 0.6 is 11.6 Å². The number of carbonyl (C=O) groups excluding carboxylic acids is 1. The van der Waals surface area contributed by atoms with Crippen LogP contribution in [0.15, 0.2) is 24.3 Å². The van der Waals surface area contributed by atoms with E-state index in [0.717, 1.165) is 5.56 Å². The number of amides is 1. The number of likely N-dealkylation sites (N-methyl/N-ethyl adjacent to an activating group) is 1. The normalized spacial score (nSPS) is 14.1. The molecule has 0 radical (unpaired) electrons. The maximum atomic E-state index is 11.6. The summed E-state index contributed by atoms with van der Waals surface area (Å²) in [5, 5.41) is 6.73. The first-order valence-corrected chi connectivity index (χ1v) is 6.21. The topological polar surface area (TPSA) is 41.1 Å². The highest BCUT2D eigenvalue weighted by atomic mass is 35.5. The van der Waals surface area contributed by atoms with Crippen molar-refractivity contribution in [3.8, 4) is 0 Å². The molecule has 1 unspecified atom stereocenters. The van der Waals surface area contributed by atoms with Crippen molar-refractivity contribution in [2.45, 2.75) is 32.9 Å². The Hall–Kier alpha value is -1.06. The lowest BCUT2D eigenvalue weighted by atomic mass is 10.1. The zero-order chi connectivity index (χ0) is 12.8. The number of carbonyl (C=O) groups is 1. The lowest BCUT2D eigenvalue weighted by Crippen LogP contribution is -2.43. The Kier molecular flexibility index (Phi) is 5.45. The second-order valence-electron chi connectivity index (χ2n) is 4.06. The van der Waals surface area contributed by atoms with Crippen LogP contribution in [0, 0.1) is 0 Å². The van der Waals surface area contributed by atoms with Gasteiger partial charge in [0, 0.05) is 17.6 Å². The van der Waals surface area contributed by atoms with Crippen molar-refractivity contribution in [2.24, 2.45) is 0 Å². The van der Waals surface area contributed by atoms with E-state index in [-0.39, 0.29) is 18.0 Å². The van der Waals surface area contributed by atoms with Crippen LogP contribution < -0.4 is 10.6 Å². The molecular weight excluding hydrogens is 236 g/mol. The van der Waals surface area contributed by atoms with Gasteiger partial charge in [0.15, 0.2) is 0 Å². The predicted molar refractivity (Wildman–Crippen MR) is 71.1 cm³/mol. The van der Waals surface area contributed by atoms with E-state index in [1.54, 1.807) is 0 Å². The molecule has 94 valence electrons. The molecule has 0 heterocycles. The third kappa shape index (κ3) is 4.36. The fourth-order valence-corrected chi connectivity index (χ4v) is 1.85. The van der Waals surface area contributed by atoms with E-state index in [1.807, 2.05) is 45.0 Å². The Morgan fingerprint density at radius 3 is 2.71 bits per heavy atom. The number of rotatable bonds is 5. The Morgan fingerprint density at radius 1 is 1.41 bits per heavy atom. The summed E-state index contributed by atoms with van der Waals surface area (Å²) in [6.45, 7) is 6.43. The van der Waals surface area contributed by atoms with Gasteiger partial charge in [-0.05, 0) is 38.5 Å². The quantitative estimate of drug-likeness (QED) is 0.848. The van der Waals surface area contributed by atoms with E-state index in [0.29, 0.717) is 11.6 Å². The zero-order valence-corrected chi connectivity index (χ0v) is 11.2. The van der Waals surface area contributed by atoms with Crippen LogP contribution in [0.4, 0.5) is 0 Å². The first-order valence-electron chi connectivity index (χ1n) is 5.83. The summed E-state index contributed by atoms with van der Waals surface area (Å²) in [7, 11) is 0. The Morgan fingerprint density at radius 2 is 2.12 bits per heavy atom. The molecule has 1 aromatic carbocycles. The highest BCUT2D eigenvalue weighted by Gasteiger charge is 2.15. The molecule has 2 N–H and O–H groups in total. The minimum Gasteiger partial charge on any atom is -0.355 e. The Balaban J connectivity index is 2.60. The fourth-order valence-electron chi connectivity index (χ4n) is 1.65. The molecule has 0 fully saturated rings. The lowest BCUT2D eigenvalue weighted by Gasteiger charge is -2.19. The Labute approximate surface area is 108 Å². The van der Waals surface area contributed by atoms with Crippen LogP contribution in [0.3, 0.4) is 0 Å². The number of hydrogen-bond donors (Lipinski definition) is 2. The SMILES string of the molecule is CCNC(=O)C(C)N[C@@H](C)c1cccc(Cl)c1. The second kappa shape index (κ2) is 6.62. The van der Waals surface area contributed by atoms with Crippen LogP contribution in [-0.4, -0.2) is 18.5 Å². The number of hydrogen-bond acceptors (Lipinski definition) is 2. The minimum atomic E-state index is -0.219. The molecule has 0 saturated carbocycles. The van der Waals surface area contributed by atoms with Gasteiger partial charge in [-0.1, -0.05) is 23.7 Å². The molecule has 0 aliphatic carbocycles. The van der Waals surface area contributed by atoms with Crippen LogP contribution in [0.2, 0.25) is 5.02 Å². The standard InChI is InChI=1S/C13H19ClN2O/c1-4-15-13(17)10(3)16-9(2)11-6-5-7-12(14)8-11/h5-10,16H,4H2,1-3H3,(H,15,17)/t9-,10?/m0/s1. The third-order valence-corrected chi connectivity index (χ3v) is 2.83. The second-order valence-corrected chi connectivity index (χ2v) is 4.50. The smallest absolute Gasteiger partial charge is 0.236 e. The molecule has 0 bridgehead atoms. The van der Waals surface area contributed by atoms with Crippen LogP contribution in [0.1, 0.15) is 32.4 Å². The summed E-state index contributed by atoms with van der Waals surface area (Å²) >= 11 is 5.93. The van der Waals surface area contributed by atoms with Crippen LogP contribution in [-0.2, 0) is 4.79 Å². The van der Waals surface area contributed by atoms with Gasteiger partial charge in [0.2, 0.25) is 5.91 Å². The molecule has 0 aliphatic heterocycles. The minimum absolute atomic E-state index is 0.0152. The zero-order valence-electron chi connectivity index (χ0n) is 10.5. The van der Waals surface area contributed by atoms with Gasteiger partial charge < -0.3 is 5.32 Å². The van der Waals surface area contributed by atoms with E-state index in [9.17, 15) is 4.79 Å². The Bertz CT molecular complexity index is 381. The molecule has 1 aromatic rings. The highest BCUT2D eigenvalue weighted by molar-refractivity contribution is 6.30. The molecule has 17 heavy (non-hydrogen) atoms. The van der Waals surface area contributed by atoms with Crippen LogP contribution in [0.25, 0.3) is 0 Å². The van der Waals surface area contributed by atoms with Gasteiger partial charge in [-0.2, -0.15) is 0 Å². The van der Waals surface area contributed by atoms with E-state index in [1.165, 1.54) is 0 Å². The largest absolute Gasteiger partial charge is 0.355 e. The van der Waals surface area contributed by atoms with Gasteiger partial charge >= 0.3 is 0 Å². The summed E-state index contributed by atoms with van der Waals surface area (Å²) in [6.07, 6.45) is 0. The molecular formula is C13H19ClN2O. The van der Waals surface area contributed by atoms with Gasteiger partial charge in [-0.15, -0.1) is 0 Å².